The van der Waals surface area contributed by atoms with E-state index in [0.717, 1.165) is 24.2 Å². The van der Waals surface area contributed by atoms with Gasteiger partial charge in [0.2, 0.25) is 0 Å². The van der Waals surface area contributed by atoms with Crippen LogP contribution >= 0.6 is 0 Å². The Bertz CT molecular complexity index is 157. The Labute approximate surface area is 95.3 Å². The van der Waals surface area contributed by atoms with Gasteiger partial charge in [-0.3, -0.25) is 0 Å². The number of hydrogen-bond acceptors (Lipinski definition) is 1. The summed E-state index contributed by atoms with van der Waals surface area (Å²) in [5, 5.41) is 9.34. The van der Waals surface area contributed by atoms with Gasteiger partial charge in [-0.2, -0.15) is 0 Å². The highest BCUT2D eigenvalue weighted by atomic mass is 16.3. The highest BCUT2D eigenvalue weighted by molar-refractivity contribution is 4.76. The van der Waals surface area contributed by atoms with Gasteiger partial charge in [0.05, 0.1) is 6.10 Å². The highest BCUT2D eigenvalue weighted by Gasteiger charge is 2.24. The minimum Gasteiger partial charge on any atom is -0.393 e. The van der Waals surface area contributed by atoms with E-state index in [1.54, 1.807) is 0 Å². The summed E-state index contributed by atoms with van der Waals surface area (Å²) in [7, 11) is 0. The van der Waals surface area contributed by atoms with Crippen LogP contribution in [0, 0.1) is 17.8 Å². The van der Waals surface area contributed by atoms with Gasteiger partial charge in [0.1, 0.15) is 0 Å². The van der Waals surface area contributed by atoms with Gasteiger partial charge in [-0.15, -0.1) is 0 Å². The number of hydrogen-bond donors (Lipinski definition) is 1. The summed E-state index contributed by atoms with van der Waals surface area (Å²) < 4.78 is 0. The van der Waals surface area contributed by atoms with Crippen molar-refractivity contribution in [2.24, 2.45) is 17.8 Å². The first-order valence-corrected chi connectivity index (χ1v) is 6.81. The molecule has 0 amide bonds. The van der Waals surface area contributed by atoms with Gasteiger partial charge in [0, 0.05) is 0 Å². The summed E-state index contributed by atoms with van der Waals surface area (Å²) in [6, 6.07) is 0. The van der Waals surface area contributed by atoms with Gasteiger partial charge >= 0.3 is 0 Å². The molecule has 0 aromatic rings. The second kappa shape index (κ2) is 6.52. The summed E-state index contributed by atoms with van der Waals surface area (Å²) >= 11 is 0. The first kappa shape index (κ1) is 13.0. The predicted octanol–water partition coefficient (Wildman–Crippen LogP) is 4.00. The molecule has 1 nitrogen and oxygen atoms in total. The van der Waals surface area contributed by atoms with Crippen molar-refractivity contribution >= 4 is 0 Å². The number of aliphatic hydroxyl groups excluding tert-OH is 1. The SMILES string of the molecule is CCC(CCC(C)O)C1CCC(C)CC1. The Kier molecular flexibility index (Phi) is 5.66. The lowest BCUT2D eigenvalue weighted by molar-refractivity contribution is 0.146. The molecule has 0 radical (unpaired) electrons. The zero-order chi connectivity index (χ0) is 11.3. The van der Waals surface area contributed by atoms with Crippen LogP contribution in [0.5, 0.6) is 0 Å². The maximum atomic E-state index is 9.34. The standard InChI is InChI=1S/C14H28O/c1-4-13(10-7-12(3)15)14-8-5-11(2)6-9-14/h11-15H,4-10H2,1-3H3. The quantitative estimate of drug-likeness (QED) is 0.730. The molecule has 0 heterocycles. The zero-order valence-corrected chi connectivity index (χ0v) is 10.7. The maximum Gasteiger partial charge on any atom is 0.0512 e. The largest absolute Gasteiger partial charge is 0.393 e. The molecule has 0 aliphatic heterocycles. The molecule has 0 aromatic heterocycles. The Balaban J connectivity index is 2.31. The van der Waals surface area contributed by atoms with Crippen LogP contribution < -0.4 is 0 Å². The van der Waals surface area contributed by atoms with Crippen LogP contribution in [-0.2, 0) is 0 Å². The Hall–Kier alpha value is -0.0400. The lowest BCUT2D eigenvalue weighted by atomic mass is 9.74. The van der Waals surface area contributed by atoms with E-state index >= 15 is 0 Å². The topological polar surface area (TPSA) is 20.2 Å². The first-order valence-electron chi connectivity index (χ1n) is 6.81. The molecule has 1 aliphatic rings. The molecule has 1 fully saturated rings. The van der Waals surface area contributed by atoms with E-state index in [2.05, 4.69) is 13.8 Å². The lowest BCUT2D eigenvalue weighted by Crippen LogP contribution is -2.21. The second-order valence-corrected chi connectivity index (χ2v) is 5.61. The number of rotatable bonds is 5. The second-order valence-electron chi connectivity index (χ2n) is 5.61. The van der Waals surface area contributed by atoms with E-state index in [-0.39, 0.29) is 6.10 Å². The lowest BCUT2D eigenvalue weighted by Gasteiger charge is -2.32. The molecule has 1 N–H and O–H groups in total. The predicted molar refractivity (Wildman–Crippen MR) is 65.8 cm³/mol. The van der Waals surface area contributed by atoms with Crippen LogP contribution in [0.25, 0.3) is 0 Å². The Morgan fingerprint density at radius 1 is 1.13 bits per heavy atom. The molecule has 1 saturated carbocycles. The van der Waals surface area contributed by atoms with Crippen molar-refractivity contribution in [1.29, 1.82) is 0 Å². The average Bonchev–Trinajstić information content (AvgIpc) is 2.21. The van der Waals surface area contributed by atoms with E-state index in [1.165, 1.54) is 38.5 Å². The molecule has 0 aromatic carbocycles. The van der Waals surface area contributed by atoms with E-state index in [9.17, 15) is 5.11 Å². The number of aliphatic hydroxyl groups is 1. The fourth-order valence-corrected chi connectivity index (χ4v) is 2.99. The minimum absolute atomic E-state index is 0.110. The van der Waals surface area contributed by atoms with Crippen molar-refractivity contribution < 1.29 is 5.11 Å². The Morgan fingerprint density at radius 3 is 2.20 bits per heavy atom. The van der Waals surface area contributed by atoms with Crippen molar-refractivity contribution in [2.45, 2.75) is 71.8 Å². The van der Waals surface area contributed by atoms with Crippen molar-refractivity contribution in [3.63, 3.8) is 0 Å². The monoisotopic (exact) mass is 212 g/mol. The molecule has 2 atom stereocenters. The van der Waals surface area contributed by atoms with Crippen molar-refractivity contribution in [2.75, 3.05) is 0 Å². The summed E-state index contributed by atoms with van der Waals surface area (Å²) in [4.78, 5) is 0. The fourth-order valence-electron chi connectivity index (χ4n) is 2.99. The van der Waals surface area contributed by atoms with Gasteiger partial charge in [0.15, 0.2) is 0 Å². The van der Waals surface area contributed by atoms with E-state index in [1.807, 2.05) is 6.92 Å². The molecule has 1 aliphatic carbocycles. The Morgan fingerprint density at radius 2 is 1.73 bits per heavy atom. The molecule has 1 rings (SSSR count). The van der Waals surface area contributed by atoms with E-state index in [0.29, 0.717) is 0 Å². The molecule has 90 valence electrons. The van der Waals surface area contributed by atoms with Crippen molar-refractivity contribution in [1.82, 2.24) is 0 Å². The molecule has 2 unspecified atom stereocenters. The van der Waals surface area contributed by atoms with Crippen LogP contribution in [-0.4, -0.2) is 11.2 Å². The van der Waals surface area contributed by atoms with Crippen LogP contribution in [0.15, 0.2) is 0 Å². The van der Waals surface area contributed by atoms with Gasteiger partial charge in [0.25, 0.3) is 0 Å². The minimum atomic E-state index is -0.110. The molecule has 0 spiro atoms. The maximum absolute atomic E-state index is 9.34. The van der Waals surface area contributed by atoms with E-state index in [4.69, 9.17) is 0 Å². The summed E-state index contributed by atoms with van der Waals surface area (Å²) in [5.74, 6) is 2.77. The van der Waals surface area contributed by atoms with Crippen LogP contribution in [0.3, 0.4) is 0 Å². The average molecular weight is 212 g/mol. The van der Waals surface area contributed by atoms with Crippen LogP contribution in [0.4, 0.5) is 0 Å². The summed E-state index contributed by atoms with van der Waals surface area (Å²) in [6.07, 6.45) is 9.12. The zero-order valence-electron chi connectivity index (χ0n) is 10.7. The van der Waals surface area contributed by atoms with Crippen molar-refractivity contribution in [3.8, 4) is 0 Å². The molecule has 1 heteroatoms. The third-order valence-corrected chi connectivity index (χ3v) is 4.21. The summed E-state index contributed by atoms with van der Waals surface area (Å²) in [6.45, 7) is 6.60. The van der Waals surface area contributed by atoms with Gasteiger partial charge in [-0.05, 0) is 50.4 Å². The smallest absolute Gasteiger partial charge is 0.0512 e. The highest BCUT2D eigenvalue weighted by Crippen LogP contribution is 2.36. The molecular weight excluding hydrogens is 184 g/mol. The summed E-state index contributed by atoms with van der Waals surface area (Å²) in [5.41, 5.74) is 0. The van der Waals surface area contributed by atoms with Gasteiger partial charge in [-0.1, -0.05) is 33.1 Å². The van der Waals surface area contributed by atoms with Gasteiger partial charge < -0.3 is 5.11 Å². The first-order chi connectivity index (χ1) is 7.13. The third kappa shape index (κ3) is 4.55. The molecular formula is C14H28O. The van der Waals surface area contributed by atoms with Gasteiger partial charge in [-0.25, -0.2) is 0 Å². The fraction of sp³-hybridized carbons (Fsp3) is 1.00. The van der Waals surface area contributed by atoms with E-state index < -0.39 is 0 Å². The molecule has 15 heavy (non-hydrogen) atoms. The van der Waals surface area contributed by atoms with Crippen LogP contribution in [0.2, 0.25) is 0 Å². The third-order valence-electron chi connectivity index (χ3n) is 4.21. The van der Waals surface area contributed by atoms with Crippen LogP contribution in [0.1, 0.15) is 65.7 Å². The molecule has 0 saturated heterocycles. The molecule has 0 bridgehead atoms. The van der Waals surface area contributed by atoms with Crippen molar-refractivity contribution in [3.05, 3.63) is 0 Å². The normalized spacial score (nSPS) is 31.2.